The van der Waals surface area contributed by atoms with Crippen LogP contribution in [0.25, 0.3) is 0 Å². The molecule has 3 nitrogen and oxygen atoms in total. The largest absolute Gasteiger partial charge is 0.496 e. The fourth-order valence-corrected chi connectivity index (χ4v) is 2.40. The molecule has 0 saturated heterocycles. The van der Waals surface area contributed by atoms with Crippen LogP contribution in [0.4, 0.5) is 0 Å². The Balaban J connectivity index is 2.50. The third kappa shape index (κ3) is 2.22. The van der Waals surface area contributed by atoms with Gasteiger partial charge in [-0.15, -0.1) is 11.3 Å². The molecule has 0 aliphatic rings. The fraction of sp³-hybridized carbons (Fsp3) is 0.231. The molecule has 2 aromatic rings. The molecule has 0 N–H and O–H groups in total. The van der Waals surface area contributed by atoms with Gasteiger partial charge in [-0.25, -0.2) is 4.98 Å². The number of carbonyl (C=O) groups excluding carboxylic acids is 1. The predicted molar refractivity (Wildman–Crippen MR) is 68.0 cm³/mol. The van der Waals surface area contributed by atoms with Crippen LogP contribution in [0.3, 0.4) is 0 Å². The predicted octanol–water partition coefficient (Wildman–Crippen LogP) is 3.00. The van der Waals surface area contributed by atoms with E-state index in [-0.39, 0.29) is 5.78 Å². The minimum atomic E-state index is -0.0226. The maximum atomic E-state index is 12.4. The van der Waals surface area contributed by atoms with Gasteiger partial charge in [-0.3, -0.25) is 4.79 Å². The van der Waals surface area contributed by atoms with Crippen LogP contribution in [0.5, 0.6) is 5.75 Å². The van der Waals surface area contributed by atoms with Crippen molar-refractivity contribution in [3.63, 3.8) is 0 Å². The maximum Gasteiger partial charge on any atom is 0.208 e. The SMILES string of the molecule is COc1ccc(C)cc1C(=O)c1scnc1C. The van der Waals surface area contributed by atoms with E-state index in [9.17, 15) is 4.79 Å². The number of hydrogen-bond acceptors (Lipinski definition) is 4. The highest BCUT2D eigenvalue weighted by atomic mass is 32.1. The van der Waals surface area contributed by atoms with Gasteiger partial charge in [-0.2, -0.15) is 0 Å². The van der Waals surface area contributed by atoms with Crippen LogP contribution in [-0.2, 0) is 0 Å². The average Bonchev–Trinajstić information content (AvgIpc) is 2.74. The molecule has 0 bridgehead atoms. The number of ether oxygens (including phenoxy) is 1. The minimum Gasteiger partial charge on any atom is -0.496 e. The molecule has 88 valence electrons. The van der Waals surface area contributed by atoms with Crippen molar-refractivity contribution < 1.29 is 9.53 Å². The van der Waals surface area contributed by atoms with Crippen molar-refractivity contribution in [2.75, 3.05) is 7.11 Å². The smallest absolute Gasteiger partial charge is 0.208 e. The Morgan fingerprint density at radius 1 is 1.35 bits per heavy atom. The van der Waals surface area contributed by atoms with Crippen LogP contribution >= 0.6 is 11.3 Å². The lowest BCUT2D eigenvalue weighted by Crippen LogP contribution is -2.04. The summed E-state index contributed by atoms with van der Waals surface area (Å²) in [5.41, 5.74) is 4.09. The molecule has 0 atom stereocenters. The number of methoxy groups -OCH3 is 1. The van der Waals surface area contributed by atoms with E-state index in [2.05, 4.69) is 4.98 Å². The van der Waals surface area contributed by atoms with E-state index in [1.807, 2.05) is 32.0 Å². The van der Waals surface area contributed by atoms with Crippen LogP contribution in [0.15, 0.2) is 23.7 Å². The summed E-state index contributed by atoms with van der Waals surface area (Å²) in [4.78, 5) is 17.1. The Morgan fingerprint density at radius 2 is 2.12 bits per heavy atom. The first-order valence-corrected chi connectivity index (χ1v) is 6.11. The van der Waals surface area contributed by atoms with Gasteiger partial charge in [0.2, 0.25) is 5.78 Å². The Kier molecular flexibility index (Phi) is 3.24. The first-order valence-electron chi connectivity index (χ1n) is 5.23. The number of aryl methyl sites for hydroxylation is 2. The number of nitrogens with zero attached hydrogens (tertiary/aromatic N) is 1. The van der Waals surface area contributed by atoms with Gasteiger partial charge in [0, 0.05) is 0 Å². The highest BCUT2D eigenvalue weighted by Crippen LogP contribution is 2.25. The number of ketones is 1. The molecule has 1 aromatic carbocycles. The van der Waals surface area contributed by atoms with Crippen molar-refractivity contribution in [2.24, 2.45) is 0 Å². The molecule has 0 aliphatic carbocycles. The van der Waals surface area contributed by atoms with E-state index in [0.29, 0.717) is 16.2 Å². The molecule has 0 unspecified atom stereocenters. The molecule has 0 radical (unpaired) electrons. The Hall–Kier alpha value is -1.68. The molecule has 0 fully saturated rings. The topological polar surface area (TPSA) is 39.2 Å². The summed E-state index contributed by atoms with van der Waals surface area (Å²) in [6.45, 7) is 3.79. The van der Waals surface area contributed by atoms with Gasteiger partial charge in [0.05, 0.1) is 28.8 Å². The van der Waals surface area contributed by atoms with Crippen molar-refractivity contribution >= 4 is 17.1 Å². The molecule has 0 spiro atoms. The monoisotopic (exact) mass is 247 g/mol. The zero-order chi connectivity index (χ0) is 12.4. The number of rotatable bonds is 3. The lowest BCUT2D eigenvalue weighted by atomic mass is 10.0. The Morgan fingerprint density at radius 3 is 2.71 bits per heavy atom. The fourth-order valence-electron chi connectivity index (χ4n) is 1.64. The van der Waals surface area contributed by atoms with Gasteiger partial charge in [-0.1, -0.05) is 11.6 Å². The van der Waals surface area contributed by atoms with E-state index in [0.717, 1.165) is 11.3 Å². The van der Waals surface area contributed by atoms with Gasteiger partial charge in [0.15, 0.2) is 0 Å². The summed E-state index contributed by atoms with van der Waals surface area (Å²) in [6, 6.07) is 5.59. The number of aromatic nitrogens is 1. The zero-order valence-electron chi connectivity index (χ0n) is 9.98. The van der Waals surface area contributed by atoms with E-state index in [1.54, 1.807) is 12.6 Å². The number of thiazole rings is 1. The third-order valence-electron chi connectivity index (χ3n) is 2.55. The molecule has 2 rings (SSSR count). The molecular formula is C13H13NO2S. The summed E-state index contributed by atoms with van der Waals surface area (Å²) in [7, 11) is 1.57. The number of hydrogen-bond donors (Lipinski definition) is 0. The van der Waals surface area contributed by atoms with Gasteiger partial charge in [0.25, 0.3) is 0 Å². The number of carbonyl (C=O) groups is 1. The van der Waals surface area contributed by atoms with Crippen molar-refractivity contribution in [1.82, 2.24) is 4.98 Å². The molecule has 0 amide bonds. The molecule has 0 saturated carbocycles. The summed E-state index contributed by atoms with van der Waals surface area (Å²) in [5, 5.41) is 0. The third-order valence-corrected chi connectivity index (χ3v) is 3.48. The molecule has 4 heteroatoms. The van der Waals surface area contributed by atoms with Crippen molar-refractivity contribution in [3.8, 4) is 5.75 Å². The average molecular weight is 247 g/mol. The highest BCUT2D eigenvalue weighted by Gasteiger charge is 2.18. The minimum absolute atomic E-state index is 0.0226. The van der Waals surface area contributed by atoms with Crippen LogP contribution in [0.2, 0.25) is 0 Å². The number of benzene rings is 1. The van der Waals surface area contributed by atoms with Crippen LogP contribution in [0.1, 0.15) is 26.5 Å². The van der Waals surface area contributed by atoms with Crippen molar-refractivity contribution in [3.05, 3.63) is 45.4 Å². The normalized spacial score (nSPS) is 10.3. The summed E-state index contributed by atoms with van der Waals surface area (Å²) in [6.07, 6.45) is 0. The van der Waals surface area contributed by atoms with E-state index in [4.69, 9.17) is 4.74 Å². The lowest BCUT2D eigenvalue weighted by Gasteiger charge is -2.07. The Bertz CT molecular complexity index is 560. The molecule has 1 aromatic heterocycles. The second-order valence-corrected chi connectivity index (χ2v) is 4.65. The Labute approximate surface area is 104 Å². The van der Waals surface area contributed by atoms with E-state index < -0.39 is 0 Å². The summed E-state index contributed by atoms with van der Waals surface area (Å²) in [5.74, 6) is 0.582. The second-order valence-electron chi connectivity index (χ2n) is 3.80. The van der Waals surface area contributed by atoms with Gasteiger partial charge in [0.1, 0.15) is 5.75 Å². The maximum absolute atomic E-state index is 12.4. The summed E-state index contributed by atoms with van der Waals surface area (Å²) < 4.78 is 5.22. The molecular weight excluding hydrogens is 234 g/mol. The lowest BCUT2D eigenvalue weighted by molar-refractivity contribution is 0.103. The first kappa shape index (κ1) is 11.8. The second kappa shape index (κ2) is 4.67. The molecule has 1 heterocycles. The van der Waals surface area contributed by atoms with Crippen LogP contribution in [0, 0.1) is 13.8 Å². The van der Waals surface area contributed by atoms with Gasteiger partial charge < -0.3 is 4.74 Å². The van der Waals surface area contributed by atoms with Gasteiger partial charge in [-0.05, 0) is 26.0 Å². The van der Waals surface area contributed by atoms with Crippen LogP contribution < -0.4 is 4.74 Å². The quantitative estimate of drug-likeness (QED) is 0.783. The standard InChI is InChI=1S/C13H13NO2S/c1-8-4-5-11(16-3)10(6-8)12(15)13-9(2)14-7-17-13/h4-7H,1-3H3. The van der Waals surface area contributed by atoms with Crippen molar-refractivity contribution in [1.29, 1.82) is 0 Å². The molecule has 17 heavy (non-hydrogen) atoms. The summed E-state index contributed by atoms with van der Waals surface area (Å²) >= 11 is 1.36. The van der Waals surface area contributed by atoms with E-state index >= 15 is 0 Å². The zero-order valence-corrected chi connectivity index (χ0v) is 10.8. The van der Waals surface area contributed by atoms with Gasteiger partial charge >= 0.3 is 0 Å². The van der Waals surface area contributed by atoms with Crippen LogP contribution in [-0.4, -0.2) is 17.9 Å². The van der Waals surface area contributed by atoms with E-state index in [1.165, 1.54) is 11.3 Å². The first-order chi connectivity index (χ1) is 8.13. The molecule has 0 aliphatic heterocycles. The highest BCUT2D eigenvalue weighted by molar-refractivity contribution is 7.12. The van der Waals surface area contributed by atoms with Crippen molar-refractivity contribution in [2.45, 2.75) is 13.8 Å².